The van der Waals surface area contributed by atoms with E-state index in [4.69, 9.17) is 19.2 Å². The molecule has 3 aromatic heterocycles. The number of fused-ring (bicyclic) bond motifs is 1. The van der Waals surface area contributed by atoms with E-state index >= 15 is 0 Å². The highest BCUT2D eigenvalue weighted by Crippen LogP contribution is 2.43. The summed E-state index contributed by atoms with van der Waals surface area (Å²) in [5.74, 6) is 1.75. The Bertz CT molecular complexity index is 2810. The van der Waals surface area contributed by atoms with Crippen LogP contribution >= 0.6 is 11.3 Å². The molecule has 2 saturated heterocycles. The van der Waals surface area contributed by atoms with Crippen molar-refractivity contribution in [2.45, 2.75) is 203 Å². The number of halogens is 3. The van der Waals surface area contributed by atoms with Crippen molar-refractivity contribution in [3.8, 4) is 22.5 Å². The molecule has 0 bridgehead atoms. The highest BCUT2D eigenvalue weighted by Gasteiger charge is 2.44. The standard InChI is InChI=1S/C52H72F3N7O6S.C9H18O.C5H11NO/c1-8-34(3)27-51(9-2)30-60(23-24-68-51)46(36-15-10-11-16-36)48(64)59-41(49(65)62-22-13-12-21-57-62)26-44-58-42(29-69-44)37-18-19-43-39(25-37)40(28-50(5,6)32-67-33-63)47(61(43)31-52(53,54)55)38-17-14-20-56-45(38)35(4)66-7;1-5-7(2)6-8(3)9(4)10;1-4-5(7)6(2)3/h14,17-20,25,29,33-36,41,46,57H,8-13,15-16,21-24,26-28,30-32H2,1-7H3,(H,59,64);7-8H,5-6H2,1-4H3;4H2,1-3H3. The molecule has 480 valence electrons. The molecule has 0 radical (unpaired) electrons. The molecule has 0 spiro atoms. The van der Waals surface area contributed by atoms with E-state index in [1.165, 1.54) is 29.4 Å². The van der Waals surface area contributed by atoms with Crippen LogP contribution in [0.1, 0.15) is 176 Å². The van der Waals surface area contributed by atoms with Gasteiger partial charge in [0, 0.05) is 105 Å². The zero-order valence-electron chi connectivity index (χ0n) is 54.0. The number of methoxy groups -OCH3 is 1. The number of carbonyl (C=O) groups excluding carboxylic acids is 5. The number of morpholine rings is 1. The van der Waals surface area contributed by atoms with Gasteiger partial charge in [-0.2, -0.15) is 13.2 Å². The van der Waals surface area contributed by atoms with Gasteiger partial charge < -0.3 is 29.0 Å². The van der Waals surface area contributed by atoms with Crippen molar-refractivity contribution < 1.29 is 51.4 Å². The molecule has 1 saturated carbocycles. The maximum atomic E-state index is 14.9. The van der Waals surface area contributed by atoms with Crippen LogP contribution in [0.4, 0.5) is 13.2 Å². The van der Waals surface area contributed by atoms with Crippen molar-refractivity contribution in [2.75, 3.05) is 60.6 Å². The van der Waals surface area contributed by atoms with E-state index in [1.54, 1.807) is 68.3 Å². The number of ketones is 1. The van der Waals surface area contributed by atoms with Crippen LogP contribution in [0.25, 0.3) is 33.4 Å². The summed E-state index contributed by atoms with van der Waals surface area (Å²) >= 11 is 1.38. The van der Waals surface area contributed by atoms with Gasteiger partial charge in [-0.25, -0.2) is 10.4 Å². The predicted octanol–water partition coefficient (Wildman–Crippen LogP) is 12.6. The molecule has 3 amide bonds. The van der Waals surface area contributed by atoms with E-state index in [2.05, 4.69) is 55.2 Å². The molecular weight excluding hydrogens is 1120 g/mol. The number of benzene rings is 1. The number of pyridine rings is 1. The first-order chi connectivity index (χ1) is 40.7. The maximum absolute atomic E-state index is 14.9. The predicted molar refractivity (Wildman–Crippen MR) is 335 cm³/mol. The number of hydrogen-bond donors (Lipinski definition) is 2. The third-order valence-corrected chi connectivity index (χ3v) is 18.4. The summed E-state index contributed by atoms with van der Waals surface area (Å²) in [4.78, 5) is 75.6. The largest absolute Gasteiger partial charge is 0.467 e. The van der Waals surface area contributed by atoms with Gasteiger partial charge in [-0.05, 0) is 113 Å². The van der Waals surface area contributed by atoms with E-state index < -0.39 is 36.3 Å². The summed E-state index contributed by atoms with van der Waals surface area (Å²) in [5.41, 5.74) is 5.88. The Morgan fingerprint density at radius 1 is 0.988 bits per heavy atom. The molecule has 1 aromatic carbocycles. The minimum atomic E-state index is -4.56. The fourth-order valence-electron chi connectivity index (χ4n) is 12.1. The van der Waals surface area contributed by atoms with Crippen LogP contribution in [0.15, 0.2) is 41.9 Å². The zero-order chi connectivity index (χ0) is 63.5. The number of ether oxygens (including phenoxy) is 3. The number of amides is 3. The average Bonchev–Trinajstić information content (AvgIpc) is 1.75. The van der Waals surface area contributed by atoms with E-state index in [1.807, 2.05) is 39.1 Å². The molecule has 7 rings (SSSR count). The minimum Gasteiger partial charge on any atom is -0.467 e. The van der Waals surface area contributed by atoms with Gasteiger partial charge in [0.15, 0.2) is 0 Å². The second-order valence-electron chi connectivity index (χ2n) is 25.3. The smallest absolute Gasteiger partial charge is 0.406 e. The van der Waals surface area contributed by atoms with Crippen molar-refractivity contribution in [1.29, 1.82) is 0 Å². The number of hydrazine groups is 1. The first kappa shape index (κ1) is 71.5. The van der Waals surface area contributed by atoms with Crippen molar-refractivity contribution in [1.82, 2.24) is 40.1 Å². The Hall–Kier alpha value is -5.28. The lowest BCUT2D eigenvalue weighted by Gasteiger charge is -2.47. The van der Waals surface area contributed by atoms with Gasteiger partial charge in [-0.1, -0.05) is 94.1 Å². The summed E-state index contributed by atoms with van der Waals surface area (Å²) in [6, 6.07) is 7.53. The quantitative estimate of drug-likeness (QED) is 0.0570. The molecule has 3 fully saturated rings. The lowest BCUT2D eigenvalue weighted by molar-refractivity contribution is -0.152. The molecule has 7 unspecified atom stereocenters. The molecule has 1 aliphatic carbocycles. The van der Waals surface area contributed by atoms with Gasteiger partial charge in [-0.3, -0.25) is 38.9 Å². The van der Waals surface area contributed by atoms with Crippen LogP contribution in [0, 0.1) is 29.1 Å². The molecule has 86 heavy (non-hydrogen) atoms. The van der Waals surface area contributed by atoms with Gasteiger partial charge in [0.2, 0.25) is 11.8 Å². The number of carbonyl (C=O) groups is 5. The normalized spacial score (nSPS) is 19.0. The topological polar surface area (TPSA) is 178 Å². The number of aromatic nitrogens is 3. The average molecular weight is 1220 g/mol. The molecular formula is C66H101F3N8O8S. The zero-order valence-corrected chi connectivity index (χ0v) is 54.8. The monoisotopic (exact) mass is 1220 g/mol. The van der Waals surface area contributed by atoms with E-state index in [0.29, 0.717) is 113 Å². The van der Waals surface area contributed by atoms with Gasteiger partial charge in [-0.15, -0.1) is 11.3 Å². The van der Waals surface area contributed by atoms with E-state index in [0.717, 1.165) is 64.2 Å². The second-order valence-corrected chi connectivity index (χ2v) is 26.2. The SMILES string of the molecule is CCC(=O)N(C)C.CCC(C)CC(C)C(C)=O.CCC(C)CC1(CC)CN(C(C(=O)NC(Cc2nc(-c3ccc4c(c3)c(CC(C)(C)COC=O)c(-c3cccnc3C(C)OC)n4CC(F)(F)F)cs2)C(=O)N2CCCCN2)C2CCCC2)CCO1. The van der Waals surface area contributed by atoms with Crippen molar-refractivity contribution in [3.63, 3.8) is 0 Å². The van der Waals surface area contributed by atoms with Crippen LogP contribution in [0.2, 0.25) is 0 Å². The van der Waals surface area contributed by atoms with Gasteiger partial charge in [0.1, 0.15) is 18.4 Å². The van der Waals surface area contributed by atoms with Crippen LogP contribution in [-0.4, -0.2) is 144 Å². The Morgan fingerprint density at radius 2 is 1.70 bits per heavy atom. The Balaban J connectivity index is 0.000000691. The summed E-state index contributed by atoms with van der Waals surface area (Å²) < 4.78 is 62.6. The number of Topliss-reactive ketones (excluding diaryl/α,β-unsaturated/α-hetero) is 1. The first-order valence-electron chi connectivity index (χ1n) is 31.4. The van der Waals surface area contributed by atoms with Crippen LogP contribution in [0.5, 0.6) is 0 Å². The molecule has 20 heteroatoms. The Kier molecular flexibility index (Phi) is 27.7. The lowest BCUT2D eigenvalue weighted by Crippen LogP contribution is -2.63. The van der Waals surface area contributed by atoms with E-state index in [-0.39, 0.29) is 54.6 Å². The highest BCUT2D eigenvalue weighted by molar-refractivity contribution is 7.10. The number of thiazole rings is 1. The summed E-state index contributed by atoms with van der Waals surface area (Å²) in [5, 5.41) is 8.04. The van der Waals surface area contributed by atoms with Crippen LogP contribution in [-0.2, 0) is 57.6 Å². The minimum absolute atomic E-state index is 0.0420. The number of rotatable bonds is 26. The molecule has 4 aromatic rings. The van der Waals surface area contributed by atoms with Gasteiger partial charge >= 0.3 is 6.18 Å². The van der Waals surface area contributed by atoms with Crippen molar-refractivity contribution >= 4 is 52.2 Å². The second kappa shape index (κ2) is 33.3. The number of hydrogen-bond acceptors (Lipinski definition) is 13. The molecule has 2 aliphatic heterocycles. The summed E-state index contributed by atoms with van der Waals surface area (Å²) in [6.07, 6.45) is 8.41. The van der Waals surface area contributed by atoms with Crippen molar-refractivity contribution in [3.05, 3.63) is 58.2 Å². The van der Waals surface area contributed by atoms with E-state index in [9.17, 15) is 37.1 Å². The Labute approximate surface area is 514 Å². The molecule has 2 N–H and O–H groups in total. The fourth-order valence-corrected chi connectivity index (χ4v) is 12.9. The first-order valence-corrected chi connectivity index (χ1v) is 32.3. The molecule has 5 heterocycles. The number of nitrogens with zero attached hydrogens (tertiary/aromatic N) is 6. The number of nitrogens with one attached hydrogen (secondary N) is 2. The van der Waals surface area contributed by atoms with Crippen molar-refractivity contribution in [2.24, 2.45) is 29.1 Å². The lowest BCUT2D eigenvalue weighted by atomic mass is 9.84. The van der Waals surface area contributed by atoms with Gasteiger partial charge in [0.05, 0.1) is 53.1 Å². The molecule has 7 atom stereocenters. The summed E-state index contributed by atoms with van der Waals surface area (Å²) in [6.45, 7) is 24.4. The fraction of sp³-hybridized carbons (Fsp3) is 0.682. The maximum Gasteiger partial charge on any atom is 0.406 e. The molecule has 16 nitrogen and oxygen atoms in total. The van der Waals surface area contributed by atoms with Gasteiger partial charge in [0.25, 0.3) is 12.4 Å². The third kappa shape index (κ3) is 20.1. The van der Waals surface area contributed by atoms with Crippen LogP contribution in [0.3, 0.4) is 0 Å². The third-order valence-electron chi connectivity index (χ3n) is 17.5. The highest BCUT2D eigenvalue weighted by atomic mass is 32.1. The summed E-state index contributed by atoms with van der Waals surface area (Å²) in [7, 11) is 5.04. The Morgan fingerprint density at radius 3 is 2.28 bits per heavy atom. The van der Waals surface area contributed by atoms with Crippen LogP contribution < -0.4 is 10.7 Å². The number of alkyl halides is 3. The molecule has 3 aliphatic rings.